The van der Waals surface area contributed by atoms with Gasteiger partial charge in [0, 0.05) is 16.8 Å². The first-order valence-electron chi connectivity index (χ1n) is 5.12. The summed E-state index contributed by atoms with van der Waals surface area (Å²) in [5.41, 5.74) is 1.66. The molecule has 17 heavy (non-hydrogen) atoms. The highest BCUT2D eigenvalue weighted by Crippen LogP contribution is 2.28. The molecule has 88 valence electrons. The summed E-state index contributed by atoms with van der Waals surface area (Å²) in [5, 5.41) is 4.21. The lowest BCUT2D eigenvalue weighted by Crippen LogP contribution is -2.09. The minimum atomic E-state index is 0.589. The molecule has 2 rings (SSSR count). The summed E-state index contributed by atoms with van der Waals surface area (Å²) in [6.45, 7) is 0.624. The van der Waals surface area contributed by atoms with Crippen LogP contribution < -0.4 is 5.32 Å². The smallest absolute Gasteiger partial charge is 0.142 e. The molecule has 1 aromatic heterocycles. The van der Waals surface area contributed by atoms with Gasteiger partial charge in [0.15, 0.2) is 0 Å². The van der Waals surface area contributed by atoms with Crippen molar-refractivity contribution in [2.75, 3.05) is 7.05 Å². The minimum absolute atomic E-state index is 0.589. The van der Waals surface area contributed by atoms with Gasteiger partial charge in [0.05, 0.1) is 17.3 Å². The van der Waals surface area contributed by atoms with E-state index in [9.17, 15) is 0 Å². The molecule has 0 aliphatic carbocycles. The molecule has 0 bridgehead atoms. The highest BCUT2D eigenvalue weighted by atomic mass is 35.5. The Bertz CT molecular complexity index is 529. The Morgan fingerprint density at radius 1 is 1.24 bits per heavy atom. The fourth-order valence-corrected chi connectivity index (χ4v) is 1.99. The topological polar surface area (TPSA) is 37.8 Å². The van der Waals surface area contributed by atoms with Gasteiger partial charge >= 0.3 is 0 Å². The van der Waals surface area contributed by atoms with Crippen LogP contribution >= 0.6 is 23.2 Å². The zero-order valence-corrected chi connectivity index (χ0v) is 10.8. The molecule has 5 heteroatoms. The van der Waals surface area contributed by atoms with Crippen molar-refractivity contribution in [3.8, 4) is 11.3 Å². The van der Waals surface area contributed by atoms with Crippen molar-refractivity contribution in [2.45, 2.75) is 6.54 Å². The fraction of sp³-hybridized carbons (Fsp3) is 0.167. The molecule has 1 N–H and O–H groups in total. The molecule has 0 spiro atoms. The minimum Gasteiger partial charge on any atom is -0.313 e. The zero-order chi connectivity index (χ0) is 12.3. The number of halogens is 2. The third kappa shape index (κ3) is 2.94. The number of nitrogens with one attached hydrogen (secondary N) is 1. The van der Waals surface area contributed by atoms with E-state index in [0.29, 0.717) is 16.6 Å². The molecule has 1 aromatic carbocycles. The summed E-state index contributed by atoms with van der Waals surface area (Å²) in [4.78, 5) is 8.58. The van der Waals surface area contributed by atoms with Gasteiger partial charge in [-0.25, -0.2) is 9.97 Å². The number of nitrogens with zero attached hydrogens (tertiary/aromatic N) is 2. The van der Waals surface area contributed by atoms with Gasteiger partial charge in [0.25, 0.3) is 0 Å². The van der Waals surface area contributed by atoms with Crippen LogP contribution in [0.25, 0.3) is 11.3 Å². The lowest BCUT2D eigenvalue weighted by Gasteiger charge is -2.05. The molecule has 3 nitrogen and oxygen atoms in total. The van der Waals surface area contributed by atoms with E-state index >= 15 is 0 Å². The van der Waals surface area contributed by atoms with E-state index in [2.05, 4.69) is 15.3 Å². The molecule has 2 aromatic rings. The van der Waals surface area contributed by atoms with Crippen molar-refractivity contribution < 1.29 is 0 Å². The summed E-state index contributed by atoms with van der Waals surface area (Å²) in [5.74, 6) is 0.732. The second kappa shape index (κ2) is 5.45. The van der Waals surface area contributed by atoms with E-state index in [1.807, 2.05) is 19.2 Å². The summed E-state index contributed by atoms with van der Waals surface area (Å²) in [6, 6.07) is 7.19. The van der Waals surface area contributed by atoms with Gasteiger partial charge < -0.3 is 5.32 Å². The van der Waals surface area contributed by atoms with Crippen LogP contribution in [0, 0.1) is 0 Å². The van der Waals surface area contributed by atoms with Gasteiger partial charge in [0.2, 0.25) is 0 Å². The second-order valence-corrected chi connectivity index (χ2v) is 4.36. The SMILES string of the molecule is CNCc1nccc(-c2ccc(Cl)cc2Cl)n1. The Balaban J connectivity index is 2.42. The van der Waals surface area contributed by atoms with E-state index in [1.165, 1.54) is 0 Å². The van der Waals surface area contributed by atoms with Crippen molar-refractivity contribution in [1.82, 2.24) is 15.3 Å². The molecule has 0 amide bonds. The van der Waals surface area contributed by atoms with Crippen LogP contribution in [0.15, 0.2) is 30.5 Å². The van der Waals surface area contributed by atoms with Crippen molar-refractivity contribution >= 4 is 23.2 Å². The van der Waals surface area contributed by atoms with Crippen molar-refractivity contribution in [2.24, 2.45) is 0 Å². The first-order valence-corrected chi connectivity index (χ1v) is 5.88. The maximum atomic E-state index is 6.13. The lowest BCUT2D eigenvalue weighted by molar-refractivity contribution is 0.759. The summed E-state index contributed by atoms with van der Waals surface area (Å²) >= 11 is 12.0. The highest BCUT2D eigenvalue weighted by Gasteiger charge is 2.06. The van der Waals surface area contributed by atoms with Crippen molar-refractivity contribution in [3.63, 3.8) is 0 Å². The molecule has 0 fully saturated rings. The maximum absolute atomic E-state index is 6.13. The molecule has 0 unspecified atom stereocenters. The number of benzene rings is 1. The van der Waals surface area contributed by atoms with Crippen LogP contribution in [0.5, 0.6) is 0 Å². The van der Waals surface area contributed by atoms with E-state index < -0.39 is 0 Å². The Labute approximate surface area is 110 Å². The second-order valence-electron chi connectivity index (χ2n) is 3.51. The van der Waals surface area contributed by atoms with Crippen LogP contribution in [0.3, 0.4) is 0 Å². The van der Waals surface area contributed by atoms with E-state index in [1.54, 1.807) is 18.3 Å². The molecule has 0 saturated heterocycles. The third-order valence-electron chi connectivity index (χ3n) is 2.25. The number of hydrogen-bond acceptors (Lipinski definition) is 3. The average Bonchev–Trinajstić information content (AvgIpc) is 2.29. The summed E-state index contributed by atoms with van der Waals surface area (Å²) < 4.78 is 0. The standard InChI is InChI=1S/C12H11Cl2N3/c1-15-7-12-16-5-4-11(17-12)9-3-2-8(13)6-10(9)14/h2-6,15H,7H2,1H3. The van der Waals surface area contributed by atoms with Crippen molar-refractivity contribution in [3.05, 3.63) is 46.3 Å². The van der Waals surface area contributed by atoms with E-state index in [-0.39, 0.29) is 0 Å². The molecule has 0 aliphatic heterocycles. The molecule has 0 atom stereocenters. The molecule has 1 heterocycles. The lowest BCUT2D eigenvalue weighted by atomic mass is 10.1. The van der Waals surface area contributed by atoms with Crippen LogP contribution in [0.1, 0.15) is 5.82 Å². The average molecular weight is 268 g/mol. The monoisotopic (exact) mass is 267 g/mol. The van der Waals surface area contributed by atoms with Crippen LogP contribution in [-0.2, 0) is 6.54 Å². The highest BCUT2D eigenvalue weighted by molar-refractivity contribution is 6.36. The normalized spacial score (nSPS) is 10.5. The molecular weight excluding hydrogens is 257 g/mol. The largest absolute Gasteiger partial charge is 0.313 e. The fourth-order valence-electron chi connectivity index (χ4n) is 1.49. The predicted molar refractivity (Wildman–Crippen MR) is 70.3 cm³/mol. The molecule has 0 saturated carbocycles. The van der Waals surface area contributed by atoms with Gasteiger partial charge in [-0.15, -0.1) is 0 Å². The first-order chi connectivity index (χ1) is 8.20. The van der Waals surface area contributed by atoms with Crippen LogP contribution in [0.2, 0.25) is 10.0 Å². The van der Waals surface area contributed by atoms with Gasteiger partial charge in [-0.2, -0.15) is 0 Å². The Kier molecular flexibility index (Phi) is 3.94. The summed E-state index contributed by atoms with van der Waals surface area (Å²) in [7, 11) is 1.85. The van der Waals surface area contributed by atoms with Gasteiger partial charge in [-0.3, -0.25) is 0 Å². The van der Waals surface area contributed by atoms with Gasteiger partial charge in [-0.1, -0.05) is 23.2 Å². The number of rotatable bonds is 3. The predicted octanol–water partition coefficient (Wildman–Crippen LogP) is 3.17. The zero-order valence-electron chi connectivity index (χ0n) is 9.24. The molecule has 0 radical (unpaired) electrons. The number of aromatic nitrogens is 2. The van der Waals surface area contributed by atoms with Gasteiger partial charge in [-0.05, 0) is 31.3 Å². The molecule has 0 aliphatic rings. The molecular formula is C12H11Cl2N3. The Hall–Kier alpha value is -1.16. The Morgan fingerprint density at radius 3 is 2.76 bits per heavy atom. The summed E-state index contributed by atoms with van der Waals surface area (Å²) in [6.07, 6.45) is 1.72. The first kappa shape index (κ1) is 12.3. The van der Waals surface area contributed by atoms with E-state index in [0.717, 1.165) is 17.1 Å². The van der Waals surface area contributed by atoms with Crippen molar-refractivity contribution in [1.29, 1.82) is 0 Å². The number of hydrogen-bond donors (Lipinski definition) is 1. The van der Waals surface area contributed by atoms with E-state index in [4.69, 9.17) is 23.2 Å². The van der Waals surface area contributed by atoms with Crippen LogP contribution in [0.4, 0.5) is 0 Å². The maximum Gasteiger partial charge on any atom is 0.142 e. The van der Waals surface area contributed by atoms with Gasteiger partial charge in [0.1, 0.15) is 5.82 Å². The Morgan fingerprint density at radius 2 is 2.06 bits per heavy atom. The van der Waals surface area contributed by atoms with Crippen LogP contribution in [-0.4, -0.2) is 17.0 Å². The quantitative estimate of drug-likeness (QED) is 0.929. The third-order valence-corrected chi connectivity index (χ3v) is 2.80.